The zero-order valence-electron chi connectivity index (χ0n) is 11.2. The number of nitrogens with one attached hydrogen (secondary N) is 2. The van der Waals surface area contributed by atoms with Crippen LogP contribution in [-0.2, 0) is 6.54 Å². The van der Waals surface area contributed by atoms with Crippen molar-refractivity contribution in [1.29, 1.82) is 0 Å². The van der Waals surface area contributed by atoms with Gasteiger partial charge in [0.15, 0.2) is 5.96 Å². The van der Waals surface area contributed by atoms with Gasteiger partial charge in [0.25, 0.3) is 0 Å². The Bertz CT molecular complexity index is 376. The SMILES string of the molecule is CCNC(=NCc1nc(C(C)C)cs1)NCCO. The second kappa shape index (κ2) is 8.05. The molecule has 0 aliphatic carbocycles. The predicted molar refractivity (Wildman–Crippen MR) is 76.1 cm³/mol. The Morgan fingerprint density at radius 1 is 1.50 bits per heavy atom. The van der Waals surface area contributed by atoms with Gasteiger partial charge in [-0.3, -0.25) is 0 Å². The van der Waals surface area contributed by atoms with Gasteiger partial charge in [0, 0.05) is 18.5 Å². The molecule has 0 amide bonds. The summed E-state index contributed by atoms with van der Waals surface area (Å²) in [5.41, 5.74) is 1.12. The largest absolute Gasteiger partial charge is 0.395 e. The molecule has 1 heterocycles. The average Bonchev–Trinajstić information content (AvgIpc) is 2.81. The minimum atomic E-state index is 0.0964. The highest BCUT2D eigenvalue weighted by atomic mass is 32.1. The molecule has 1 aromatic rings. The van der Waals surface area contributed by atoms with Gasteiger partial charge in [0.2, 0.25) is 0 Å². The molecule has 0 spiro atoms. The van der Waals surface area contributed by atoms with E-state index in [1.54, 1.807) is 11.3 Å². The Morgan fingerprint density at radius 2 is 2.28 bits per heavy atom. The summed E-state index contributed by atoms with van der Waals surface area (Å²) in [6, 6.07) is 0. The van der Waals surface area contributed by atoms with Crippen LogP contribution in [0.15, 0.2) is 10.4 Å². The molecule has 0 bridgehead atoms. The van der Waals surface area contributed by atoms with Gasteiger partial charge in [-0.1, -0.05) is 13.8 Å². The van der Waals surface area contributed by atoms with E-state index in [9.17, 15) is 0 Å². The van der Waals surface area contributed by atoms with Crippen LogP contribution in [0.25, 0.3) is 0 Å². The van der Waals surface area contributed by atoms with Gasteiger partial charge < -0.3 is 15.7 Å². The smallest absolute Gasteiger partial charge is 0.191 e. The van der Waals surface area contributed by atoms with E-state index in [1.165, 1.54) is 0 Å². The quantitative estimate of drug-likeness (QED) is 0.538. The number of nitrogens with zero attached hydrogens (tertiary/aromatic N) is 2. The summed E-state index contributed by atoms with van der Waals surface area (Å²) in [4.78, 5) is 8.95. The summed E-state index contributed by atoms with van der Waals surface area (Å²) in [6.45, 7) is 8.24. The first-order chi connectivity index (χ1) is 8.67. The number of hydrogen-bond acceptors (Lipinski definition) is 4. The van der Waals surface area contributed by atoms with Crippen molar-refractivity contribution >= 4 is 17.3 Å². The van der Waals surface area contributed by atoms with E-state index in [1.807, 2.05) is 6.92 Å². The number of hydrogen-bond donors (Lipinski definition) is 3. The summed E-state index contributed by atoms with van der Waals surface area (Å²) >= 11 is 1.64. The Hall–Kier alpha value is -1.14. The van der Waals surface area contributed by atoms with Gasteiger partial charge in [-0.15, -0.1) is 11.3 Å². The highest BCUT2D eigenvalue weighted by Crippen LogP contribution is 2.18. The van der Waals surface area contributed by atoms with Crippen LogP contribution in [0.3, 0.4) is 0 Å². The van der Waals surface area contributed by atoms with Gasteiger partial charge in [-0.2, -0.15) is 0 Å². The molecular formula is C12H22N4OS. The van der Waals surface area contributed by atoms with Crippen LogP contribution in [0.4, 0.5) is 0 Å². The van der Waals surface area contributed by atoms with Crippen LogP contribution in [-0.4, -0.2) is 35.7 Å². The minimum Gasteiger partial charge on any atom is -0.395 e. The van der Waals surface area contributed by atoms with Crippen LogP contribution in [0.5, 0.6) is 0 Å². The lowest BCUT2D eigenvalue weighted by Crippen LogP contribution is -2.38. The third-order valence-electron chi connectivity index (χ3n) is 2.28. The molecule has 6 heteroatoms. The fourth-order valence-corrected chi connectivity index (χ4v) is 2.20. The van der Waals surface area contributed by atoms with Crippen molar-refractivity contribution < 1.29 is 5.11 Å². The lowest BCUT2D eigenvalue weighted by molar-refractivity contribution is 0.300. The minimum absolute atomic E-state index is 0.0964. The van der Waals surface area contributed by atoms with E-state index in [-0.39, 0.29) is 6.61 Å². The lowest BCUT2D eigenvalue weighted by atomic mass is 10.2. The molecule has 0 fully saturated rings. The molecule has 1 aromatic heterocycles. The fourth-order valence-electron chi connectivity index (χ4n) is 1.33. The van der Waals surface area contributed by atoms with E-state index in [2.05, 4.69) is 39.8 Å². The monoisotopic (exact) mass is 270 g/mol. The lowest BCUT2D eigenvalue weighted by Gasteiger charge is -2.09. The number of guanidine groups is 1. The summed E-state index contributed by atoms with van der Waals surface area (Å²) < 4.78 is 0. The zero-order valence-corrected chi connectivity index (χ0v) is 12.0. The van der Waals surface area contributed by atoms with Crippen LogP contribution in [0.2, 0.25) is 0 Å². The molecule has 5 nitrogen and oxygen atoms in total. The van der Waals surface area contributed by atoms with Crippen molar-refractivity contribution in [2.24, 2.45) is 4.99 Å². The molecule has 102 valence electrons. The number of aliphatic hydroxyl groups excluding tert-OH is 1. The molecule has 0 unspecified atom stereocenters. The summed E-state index contributed by atoms with van der Waals surface area (Å²) in [5, 5.41) is 18.0. The molecule has 0 aliphatic rings. The Morgan fingerprint density at radius 3 is 2.83 bits per heavy atom. The fraction of sp³-hybridized carbons (Fsp3) is 0.667. The van der Waals surface area contributed by atoms with Crippen LogP contribution in [0, 0.1) is 0 Å². The maximum absolute atomic E-state index is 8.78. The highest BCUT2D eigenvalue weighted by Gasteiger charge is 2.05. The zero-order chi connectivity index (χ0) is 13.4. The molecule has 0 atom stereocenters. The molecule has 0 aromatic carbocycles. The Labute approximate surface area is 112 Å². The molecule has 0 radical (unpaired) electrons. The van der Waals surface area contributed by atoms with E-state index >= 15 is 0 Å². The highest BCUT2D eigenvalue weighted by molar-refractivity contribution is 7.09. The number of rotatable bonds is 6. The first-order valence-electron chi connectivity index (χ1n) is 6.24. The molecular weight excluding hydrogens is 248 g/mol. The van der Waals surface area contributed by atoms with E-state index in [0.717, 1.165) is 17.2 Å². The van der Waals surface area contributed by atoms with Gasteiger partial charge >= 0.3 is 0 Å². The first-order valence-corrected chi connectivity index (χ1v) is 7.12. The van der Waals surface area contributed by atoms with Crippen LogP contribution >= 0.6 is 11.3 Å². The maximum atomic E-state index is 8.78. The number of aliphatic imine (C=N–C) groups is 1. The summed E-state index contributed by atoms with van der Waals surface area (Å²) in [6.07, 6.45) is 0. The average molecular weight is 270 g/mol. The Kier molecular flexibility index (Phi) is 6.67. The topological polar surface area (TPSA) is 69.5 Å². The van der Waals surface area contributed by atoms with Gasteiger partial charge in [0.1, 0.15) is 5.01 Å². The normalized spacial score (nSPS) is 11.9. The number of thiazole rings is 1. The molecule has 18 heavy (non-hydrogen) atoms. The van der Waals surface area contributed by atoms with Crippen molar-refractivity contribution in [2.45, 2.75) is 33.2 Å². The Balaban J connectivity index is 2.56. The second-order valence-corrected chi connectivity index (χ2v) is 5.11. The van der Waals surface area contributed by atoms with Crippen LogP contribution < -0.4 is 10.6 Å². The molecule has 0 saturated heterocycles. The van der Waals surface area contributed by atoms with Crippen molar-refractivity contribution in [2.75, 3.05) is 19.7 Å². The van der Waals surface area contributed by atoms with Crippen LogP contribution in [0.1, 0.15) is 37.4 Å². The van der Waals surface area contributed by atoms with Crippen molar-refractivity contribution in [3.05, 3.63) is 16.1 Å². The maximum Gasteiger partial charge on any atom is 0.191 e. The van der Waals surface area contributed by atoms with Crippen molar-refractivity contribution in [1.82, 2.24) is 15.6 Å². The molecule has 3 N–H and O–H groups in total. The van der Waals surface area contributed by atoms with Crippen molar-refractivity contribution in [3.63, 3.8) is 0 Å². The second-order valence-electron chi connectivity index (χ2n) is 4.17. The van der Waals surface area contributed by atoms with E-state index in [4.69, 9.17) is 5.11 Å². The number of aromatic nitrogens is 1. The van der Waals surface area contributed by atoms with Crippen molar-refractivity contribution in [3.8, 4) is 0 Å². The third kappa shape index (κ3) is 5.01. The van der Waals surface area contributed by atoms with Gasteiger partial charge in [0.05, 0.1) is 18.8 Å². The number of aliphatic hydroxyl groups is 1. The van der Waals surface area contributed by atoms with Gasteiger partial charge in [-0.05, 0) is 12.8 Å². The summed E-state index contributed by atoms with van der Waals surface area (Å²) in [5.74, 6) is 1.17. The van der Waals surface area contributed by atoms with Gasteiger partial charge in [-0.25, -0.2) is 9.98 Å². The molecule has 0 saturated carbocycles. The summed E-state index contributed by atoms with van der Waals surface area (Å²) in [7, 11) is 0. The standard InChI is InChI=1S/C12H22N4OS/c1-4-13-12(14-5-6-17)15-7-11-16-10(8-18-11)9(2)3/h8-9,17H,4-7H2,1-3H3,(H2,13,14,15). The molecule has 0 aliphatic heterocycles. The van der Waals surface area contributed by atoms with E-state index < -0.39 is 0 Å². The van der Waals surface area contributed by atoms with E-state index in [0.29, 0.717) is 25.0 Å². The predicted octanol–water partition coefficient (Wildman–Crippen LogP) is 1.31. The first kappa shape index (κ1) is 14.9. The third-order valence-corrected chi connectivity index (χ3v) is 3.13. The molecule has 1 rings (SSSR count).